The van der Waals surface area contributed by atoms with Crippen LogP contribution in [-0.4, -0.2) is 0 Å². The minimum atomic E-state index is 1.19. The first-order valence-electron chi connectivity index (χ1n) is 21.3. The number of hydrogen-bond acceptors (Lipinski definition) is 6. The molecule has 0 nitrogen and oxygen atoms in total. The van der Waals surface area contributed by atoms with E-state index in [1.165, 1.54) is 190 Å². The van der Waals surface area contributed by atoms with Crippen LogP contribution in [0.1, 0.15) is 153 Å². The number of unbranched alkanes of at least 4 members (excludes halogenated alkanes) is 18. The third kappa shape index (κ3) is 12.6. The Morgan fingerprint density at radius 2 is 0.685 bits per heavy atom. The molecule has 6 heteroatoms. The van der Waals surface area contributed by atoms with Crippen molar-refractivity contribution in [1.82, 2.24) is 0 Å². The first-order valence-corrected chi connectivity index (χ1v) is 26.3. The van der Waals surface area contributed by atoms with Crippen molar-refractivity contribution in [1.29, 1.82) is 0 Å². The SMILES string of the molecule is CCCCCCCCCCCCc1cc(-c2cccs2)sc1-c1ccc(-c2ccc(-c3sc(-c4cccs4)cc3CCCCCCCCCCCC)s2)s1. The van der Waals surface area contributed by atoms with E-state index in [-0.39, 0.29) is 0 Å². The lowest BCUT2D eigenvalue weighted by molar-refractivity contribution is 0.556. The Kier molecular flexibility index (Phi) is 18.2. The molecule has 0 unspecified atom stereocenters. The van der Waals surface area contributed by atoms with Crippen molar-refractivity contribution < 1.29 is 0 Å². The summed E-state index contributed by atoms with van der Waals surface area (Å²) in [6, 6.07) is 23.6. The van der Waals surface area contributed by atoms with E-state index >= 15 is 0 Å². The standard InChI is InChI=1S/C48H62S6/c1-3-5-7-9-11-13-15-17-19-21-25-37-35-45(39-27-23-33-49-39)53-47(37)43-31-29-41(51-43)42-30-32-44(52-42)48-38(36-46(54-48)40-28-24-34-50-40)26-22-20-18-16-14-12-10-8-6-4-2/h23-24,27-36H,3-22,25-26H2,1-2H3. The number of aryl methyl sites for hydroxylation is 2. The summed E-state index contributed by atoms with van der Waals surface area (Å²) < 4.78 is 0. The summed E-state index contributed by atoms with van der Waals surface area (Å²) in [5.74, 6) is 0. The maximum atomic E-state index is 2.51. The van der Waals surface area contributed by atoms with Crippen LogP contribution in [0.2, 0.25) is 0 Å². The fourth-order valence-electron chi connectivity index (χ4n) is 7.52. The highest BCUT2D eigenvalue weighted by atomic mass is 32.1. The first kappa shape index (κ1) is 41.8. The zero-order valence-corrected chi connectivity index (χ0v) is 37.8. The highest BCUT2D eigenvalue weighted by Crippen LogP contribution is 2.48. The molecule has 0 spiro atoms. The van der Waals surface area contributed by atoms with Gasteiger partial charge in [-0.05, 0) is 96.1 Å². The van der Waals surface area contributed by atoms with Gasteiger partial charge in [0.25, 0.3) is 0 Å². The molecule has 54 heavy (non-hydrogen) atoms. The molecule has 0 aliphatic rings. The molecule has 6 aromatic heterocycles. The molecular weight excluding hydrogens is 769 g/mol. The first-order chi connectivity index (χ1) is 26.7. The largest absolute Gasteiger partial charge is 0.143 e. The van der Waals surface area contributed by atoms with Gasteiger partial charge in [0, 0.05) is 48.8 Å². The molecule has 0 N–H and O–H groups in total. The smallest absolute Gasteiger partial charge is 0.0481 e. The molecule has 6 heterocycles. The van der Waals surface area contributed by atoms with Crippen LogP contribution in [0.5, 0.6) is 0 Å². The van der Waals surface area contributed by atoms with Crippen LogP contribution in [0.25, 0.3) is 48.8 Å². The van der Waals surface area contributed by atoms with E-state index in [4.69, 9.17) is 0 Å². The molecule has 0 aromatic carbocycles. The highest BCUT2D eigenvalue weighted by molar-refractivity contribution is 7.30. The summed E-state index contributed by atoms with van der Waals surface area (Å²) in [6.45, 7) is 4.61. The Hall–Kier alpha value is -1.80. The summed E-state index contributed by atoms with van der Waals surface area (Å²) >= 11 is 11.8. The minimum absolute atomic E-state index is 1.19. The van der Waals surface area contributed by atoms with Gasteiger partial charge in [-0.2, -0.15) is 0 Å². The van der Waals surface area contributed by atoms with Crippen molar-refractivity contribution in [3.05, 3.63) is 82.6 Å². The van der Waals surface area contributed by atoms with Gasteiger partial charge in [0.1, 0.15) is 0 Å². The lowest BCUT2D eigenvalue weighted by Crippen LogP contribution is -1.86. The van der Waals surface area contributed by atoms with Gasteiger partial charge in [0.2, 0.25) is 0 Å². The van der Waals surface area contributed by atoms with Gasteiger partial charge in [0.15, 0.2) is 0 Å². The molecule has 0 saturated carbocycles. The molecule has 6 rings (SSSR count). The molecule has 0 bridgehead atoms. The molecule has 0 fully saturated rings. The number of hydrogen-bond donors (Lipinski definition) is 0. The molecule has 0 amide bonds. The van der Waals surface area contributed by atoms with E-state index in [1.807, 2.05) is 68.0 Å². The van der Waals surface area contributed by atoms with Gasteiger partial charge in [-0.3, -0.25) is 0 Å². The lowest BCUT2D eigenvalue weighted by atomic mass is 10.0. The molecule has 0 atom stereocenters. The number of rotatable bonds is 27. The average Bonchev–Trinajstić information content (AvgIpc) is 4.02. The van der Waals surface area contributed by atoms with Gasteiger partial charge in [-0.15, -0.1) is 68.0 Å². The second kappa shape index (κ2) is 23.4. The van der Waals surface area contributed by atoms with Gasteiger partial charge >= 0.3 is 0 Å². The minimum Gasteiger partial charge on any atom is -0.143 e. The van der Waals surface area contributed by atoms with Crippen molar-refractivity contribution in [2.75, 3.05) is 0 Å². The van der Waals surface area contributed by atoms with Crippen LogP contribution >= 0.6 is 68.0 Å². The predicted octanol–water partition coefficient (Wildman–Crippen LogP) is 19.3. The van der Waals surface area contributed by atoms with Crippen LogP contribution in [0.3, 0.4) is 0 Å². The zero-order valence-electron chi connectivity index (χ0n) is 32.9. The lowest BCUT2D eigenvalue weighted by Gasteiger charge is -2.04. The molecule has 0 radical (unpaired) electrons. The van der Waals surface area contributed by atoms with Crippen LogP contribution in [0, 0.1) is 0 Å². The maximum Gasteiger partial charge on any atom is 0.0481 e. The Morgan fingerprint density at radius 3 is 1.04 bits per heavy atom. The van der Waals surface area contributed by atoms with E-state index in [9.17, 15) is 0 Å². The average molecular weight is 831 g/mol. The van der Waals surface area contributed by atoms with E-state index in [0.29, 0.717) is 0 Å². The summed E-state index contributed by atoms with van der Waals surface area (Å²) in [5.41, 5.74) is 3.11. The van der Waals surface area contributed by atoms with Crippen molar-refractivity contribution in [2.45, 2.75) is 155 Å². The Bertz CT molecular complexity index is 1720. The molecular formula is C48H62S6. The van der Waals surface area contributed by atoms with Crippen LogP contribution < -0.4 is 0 Å². The fourth-order valence-corrected chi connectivity index (χ4v) is 14.0. The normalized spacial score (nSPS) is 11.7. The monoisotopic (exact) mass is 830 g/mol. The maximum absolute atomic E-state index is 2.51. The van der Waals surface area contributed by atoms with Gasteiger partial charge in [0.05, 0.1) is 0 Å². The zero-order chi connectivity index (χ0) is 37.2. The van der Waals surface area contributed by atoms with Gasteiger partial charge < -0.3 is 0 Å². The van der Waals surface area contributed by atoms with Crippen molar-refractivity contribution in [2.24, 2.45) is 0 Å². The molecule has 0 aliphatic carbocycles. The second-order valence-electron chi connectivity index (χ2n) is 15.1. The molecule has 0 aliphatic heterocycles. The summed E-state index contributed by atoms with van der Waals surface area (Å²) in [4.78, 5) is 14.4. The van der Waals surface area contributed by atoms with Gasteiger partial charge in [-0.1, -0.05) is 142 Å². The predicted molar refractivity (Wildman–Crippen MR) is 252 cm³/mol. The number of thiophene rings is 6. The molecule has 290 valence electrons. The fraction of sp³-hybridized carbons (Fsp3) is 0.500. The summed E-state index contributed by atoms with van der Waals surface area (Å²) in [5, 5.41) is 4.43. The summed E-state index contributed by atoms with van der Waals surface area (Å²) in [6.07, 6.45) is 30.1. The third-order valence-corrected chi connectivity index (χ3v) is 17.9. The summed E-state index contributed by atoms with van der Waals surface area (Å²) in [7, 11) is 0. The van der Waals surface area contributed by atoms with E-state index in [0.717, 1.165) is 0 Å². The Labute approximate surface area is 351 Å². The topological polar surface area (TPSA) is 0 Å². The van der Waals surface area contributed by atoms with Crippen molar-refractivity contribution in [3.8, 4) is 48.8 Å². The quantitative estimate of drug-likeness (QED) is 0.0454. The molecule has 0 saturated heterocycles. The van der Waals surface area contributed by atoms with Crippen LogP contribution in [0.4, 0.5) is 0 Å². The van der Waals surface area contributed by atoms with Gasteiger partial charge in [-0.25, -0.2) is 0 Å². The Morgan fingerprint density at radius 1 is 0.333 bits per heavy atom. The van der Waals surface area contributed by atoms with Crippen LogP contribution in [0.15, 0.2) is 71.4 Å². The van der Waals surface area contributed by atoms with Crippen molar-refractivity contribution in [3.63, 3.8) is 0 Å². The van der Waals surface area contributed by atoms with E-state index in [2.05, 4.69) is 85.3 Å². The Balaban J connectivity index is 1.09. The van der Waals surface area contributed by atoms with Crippen molar-refractivity contribution >= 4 is 68.0 Å². The van der Waals surface area contributed by atoms with E-state index < -0.39 is 0 Å². The third-order valence-electron chi connectivity index (χ3n) is 10.6. The van der Waals surface area contributed by atoms with E-state index in [1.54, 1.807) is 11.1 Å². The second-order valence-corrected chi connectivity index (χ2v) is 21.2. The highest BCUT2D eigenvalue weighted by Gasteiger charge is 2.18. The van der Waals surface area contributed by atoms with Crippen LogP contribution in [-0.2, 0) is 12.8 Å². The molecule has 6 aromatic rings.